The lowest BCUT2D eigenvalue weighted by Crippen LogP contribution is -2.40. The number of carbonyl (C=O) groups is 1. The van der Waals surface area contributed by atoms with Crippen molar-refractivity contribution in [3.63, 3.8) is 0 Å². The summed E-state index contributed by atoms with van der Waals surface area (Å²) in [5, 5.41) is 1.15. The number of ether oxygens (including phenoxy) is 1. The maximum Gasteiger partial charge on any atom is 0.264 e. The highest BCUT2D eigenvalue weighted by Crippen LogP contribution is 2.40. The fourth-order valence-electron chi connectivity index (χ4n) is 4.87. The fraction of sp³-hybridized carbons (Fsp3) is 0.385. The van der Waals surface area contributed by atoms with Gasteiger partial charge >= 0.3 is 0 Å². The molecule has 32 heavy (non-hydrogen) atoms. The van der Waals surface area contributed by atoms with Gasteiger partial charge in [0.15, 0.2) is 0 Å². The first-order chi connectivity index (χ1) is 15.7. The standard InChI is InChI=1S/C26H29N3O2S/c1-19(16-20-6-3-2-4-7-20)17-28-11-9-21(18-28)23-22-8-5-10-27-25(22)32-24(23)26(30)29-12-14-31-15-13-29/h2-8,10,16,21H,9,11-15,17-18H2,1H3/b19-16+/t21-/m1/s1. The van der Waals surface area contributed by atoms with Gasteiger partial charge in [0.2, 0.25) is 0 Å². The Kier molecular flexibility index (Phi) is 6.35. The van der Waals surface area contributed by atoms with Gasteiger partial charge in [0.05, 0.1) is 18.1 Å². The molecule has 0 N–H and O–H groups in total. The van der Waals surface area contributed by atoms with Gasteiger partial charge in [-0.15, -0.1) is 11.3 Å². The molecule has 3 aromatic rings. The number of benzene rings is 1. The van der Waals surface area contributed by atoms with Crippen molar-refractivity contribution in [3.05, 3.63) is 70.2 Å². The lowest BCUT2D eigenvalue weighted by atomic mass is 9.95. The van der Waals surface area contributed by atoms with Crippen LogP contribution in [-0.2, 0) is 4.74 Å². The molecular weight excluding hydrogens is 418 g/mol. The highest BCUT2D eigenvalue weighted by molar-refractivity contribution is 7.20. The zero-order chi connectivity index (χ0) is 21.9. The normalized spacial score (nSPS) is 20.2. The van der Waals surface area contributed by atoms with Crippen molar-refractivity contribution >= 4 is 33.5 Å². The molecule has 4 heterocycles. The minimum atomic E-state index is 0.143. The quantitative estimate of drug-likeness (QED) is 0.571. The van der Waals surface area contributed by atoms with E-state index in [0.29, 0.717) is 32.2 Å². The molecule has 2 aromatic heterocycles. The van der Waals surface area contributed by atoms with Crippen LogP contribution in [0.25, 0.3) is 16.3 Å². The number of aromatic nitrogens is 1. The van der Waals surface area contributed by atoms with Crippen LogP contribution in [0.2, 0.25) is 0 Å². The third kappa shape index (κ3) is 4.49. The Morgan fingerprint density at radius 1 is 1.16 bits per heavy atom. The Hall–Kier alpha value is -2.54. The summed E-state index contributed by atoms with van der Waals surface area (Å²) in [6, 6.07) is 14.6. The number of morpholine rings is 1. The van der Waals surface area contributed by atoms with Crippen LogP contribution in [0.15, 0.2) is 54.2 Å². The SMILES string of the molecule is C/C(=C\c1ccccc1)CN1CC[C@@H](c2c(C(=O)N3CCOCC3)sc3ncccc23)C1. The van der Waals surface area contributed by atoms with E-state index >= 15 is 0 Å². The molecule has 0 saturated carbocycles. The number of nitrogens with zero attached hydrogens (tertiary/aromatic N) is 3. The van der Waals surface area contributed by atoms with Gasteiger partial charge in [-0.05, 0) is 37.1 Å². The van der Waals surface area contributed by atoms with E-state index in [0.717, 1.165) is 41.1 Å². The molecule has 0 bridgehead atoms. The van der Waals surface area contributed by atoms with Gasteiger partial charge in [-0.1, -0.05) is 48.0 Å². The molecule has 0 spiro atoms. The minimum Gasteiger partial charge on any atom is -0.378 e. The van der Waals surface area contributed by atoms with E-state index in [2.05, 4.69) is 53.2 Å². The molecule has 5 rings (SSSR count). The number of carbonyl (C=O) groups excluding carboxylic acids is 1. The zero-order valence-electron chi connectivity index (χ0n) is 18.5. The summed E-state index contributed by atoms with van der Waals surface area (Å²) in [7, 11) is 0. The van der Waals surface area contributed by atoms with Crippen LogP contribution in [0.1, 0.15) is 40.1 Å². The van der Waals surface area contributed by atoms with E-state index in [-0.39, 0.29) is 5.91 Å². The monoisotopic (exact) mass is 447 g/mol. The molecule has 5 nitrogen and oxygen atoms in total. The van der Waals surface area contributed by atoms with Crippen LogP contribution in [0.5, 0.6) is 0 Å². The first-order valence-electron chi connectivity index (χ1n) is 11.4. The lowest BCUT2D eigenvalue weighted by Gasteiger charge is -2.27. The third-order valence-electron chi connectivity index (χ3n) is 6.36. The van der Waals surface area contributed by atoms with Crippen molar-refractivity contribution in [1.29, 1.82) is 0 Å². The molecular formula is C26H29N3O2S. The molecule has 0 unspecified atom stereocenters. The summed E-state index contributed by atoms with van der Waals surface area (Å²) in [6.45, 7) is 7.76. The summed E-state index contributed by atoms with van der Waals surface area (Å²) in [4.78, 5) is 24.3. The van der Waals surface area contributed by atoms with Crippen molar-refractivity contribution in [2.45, 2.75) is 19.3 Å². The van der Waals surface area contributed by atoms with Crippen molar-refractivity contribution in [1.82, 2.24) is 14.8 Å². The topological polar surface area (TPSA) is 45.7 Å². The Balaban J connectivity index is 1.37. The van der Waals surface area contributed by atoms with Crippen molar-refractivity contribution in [2.75, 3.05) is 45.9 Å². The number of fused-ring (bicyclic) bond motifs is 1. The maximum atomic E-state index is 13.4. The highest BCUT2D eigenvalue weighted by Gasteiger charge is 2.32. The lowest BCUT2D eigenvalue weighted by molar-refractivity contribution is 0.0305. The minimum absolute atomic E-state index is 0.143. The average molecular weight is 448 g/mol. The van der Waals surface area contributed by atoms with Crippen LogP contribution < -0.4 is 0 Å². The third-order valence-corrected chi connectivity index (χ3v) is 7.48. The molecule has 1 amide bonds. The molecule has 2 saturated heterocycles. The van der Waals surface area contributed by atoms with Gasteiger partial charge < -0.3 is 9.64 Å². The van der Waals surface area contributed by atoms with E-state index in [9.17, 15) is 4.79 Å². The first kappa shape index (κ1) is 21.3. The Morgan fingerprint density at radius 2 is 1.97 bits per heavy atom. The van der Waals surface area contributed by atoms with Crippen LogP contribution in [0.4, 0.5) is 0 Å². The average Bonchev–Trinajstić information content (AvgIpc) is 3.44. The van der Waals surface area contributed by atoms with Gasteiger partial charge in [-0.25, -0.2) is 4.98 Å². The summed E-state index contributed by atoms with van der Waals surface area (Å²) in [5.41, 5.74) is 3.81. The summed E-state index contributed by atoms with van der Waals surface area (Å²) < 4.78 is 5.45. The molecule has 0 aliphatic carbocycles. The predicted molar refractivity (Wildman–Crippen MR) is 130 cm³/mol. The van der Waals surface area contributed by atoms with Crippen molar-refractivity contribution in [3.8, 4) is 0 Å². The molecule has 6 heteroatoms. The van der Waals surface area contributed by atoms with E-state index in [1.165, 1.54) is 16.7 Å². The van der Waals surface area contributed by atoms with Gasteiger partial charge in [0.25, 0.3) is 5.91 Å². The van der Waals surface area contributed by atoms with Crippen molar-refractivity contribution < 1.29 is 9.53 Å². The molecule has 2 fully saturated rings. The Bertz CT molecular complexity index is 1120. The second-order valence-electron chi connectivity index (χ2n) is 8.73. The number of thiophene rings is 1. The Morgan fingerprint density at radius 3 is 2.78 bits per heavy atom. The number of rotatable bonds is 5. The summed E-state index contributed by atoms with van der Waals surface area (Å²) in [6.07, 6.45) is 5.16. The van der Waals surface area contributed by atoms with E-state index in [1.807, 2.05) is 23.2 Å². The predicted octanol–water partition coefficient (Wildman–Crippen LogP) is 4.66. The van der Waals surface area contributed by atoms with Crippen molar-refractivity contribution in [2.24, 2.45) is 0 Å². The second kappa shape index (κ2) is 9.53. The van der Waals surface area contributed by atoms with E-state index in [1.54, 1.807) is 11.3 Å². The van der Waals surface area contributed by atoms with Crippen LogP contribution in [0, 0.1) is 0 Å². The highest BCUT2D eigenvalue weighted by atomic mass is 32.1. The maximum absolute atomic E-state index is 13.4. The van der Waals surface area contributed by atoms with Crippen LogP contribution in [0.3, 0.4) is 0 Å². The molecule has 1 atom stereocenters. The van der Waals surface area contributed by atoms with Gasteiger partial charge in [-0.3, -0.25) is 9.69 Å². The first-order valence-corrected chi connectivity index (χ1v) is 12.2. The number of pyridine rings is 1. The smallest absolute Gasteiger partial charge is 0.264 e. The van der Waals surface area contributed by atoms with Crippen LogP contribution in [-0.4, -0.2) is 66.6 Å². The van der Waals surface area contributed by atoms with E-state index < -0.39 is 0 Å². The number of hydrogen-bond donors (Lipinski definition) is 0. The van der Waals surface area contributed by atoms with Gasteiger partial charge in [-0.2, -0.15) is 0 Å². The second-order valence-corrected chi connectivity index (χ2v) is 9.73. The zero-order valence-corrected chi connectivity index (χ0v) is 19.3. The number of likely N-dealkylation sites (tertiary alicyclic amines) is 1. The summed E-state index contributed by atoms with van der Waals surface area (Å²) >= 11 is 1.56. The van der Waals surface area contributed by atoms with E-state index in [4.69, 9.17) is 4.74 Å². The summed E-state index contributed by atoms with van der Waals surface area (Å²) in [5.74, 6) is 0.502. The molecule has 2 aliphatic rings. The number of hydrogen-bond acceptors (Lipinski definition) is 5. The molecule has 166 valence electrons. The van der Waals surface area contributed by atoms with Gasteiger partial charge in [0, 0.05) is 43.7 Å². The fourth-order valence-corrected chi connectivity index (χ4v) is 6.07. The largest absolute Gasteiger partial charge is 0.378 e. The molecule has 0 radical (unpaired) electrons. The molecule has 1 aromatic carbocycles. The van der Waals surface area contributed by atoms with Crippen LogP contribution >= 0.6 is 11.3 Å². The molecule has 2 aliphatic heterocycles. The van der Waals surface area contributed by atoms with Gasteiger partial charge in [0.1, 0.15) is 4.83 Å². The Labute approximate surface area is 193 Å². The number of amides is 1.